The molecule has 3 rings (SSSR count). The SMILES string of the molecule is CCCOCCn1c(-c2ccc(N(CC)CC)nc2)nc2c(Cl)cccc21. The van der Waals surface area contributed by atoms with Gasteiger partial charge in [-0.2, -0.15) is 0 Å². The summed E-state index contributed by atoms with van der Waals surface area (Å²) < 4.78 is 7.87. The van der Waals surface area contributed by atoms with E-state index in [0.29, 0.717) is 11.6 Å². The lowest BCUT2D eigenvalue weighted by molar-refractivity contribution is 0.128. The van der Waals surface area contributed by atoms with Crippen LogP contribution in [0.2, 0.25) is 5.02 Å². The van der Waals surface area contributed by atoms with Gasteiger partial charge < -0.3 is 14.2 Å². The third-order valence-corrected chi connectivity index (χ3v) is 4.94. The molecule has 6 heteroatoms. The van der Waals surface area contributed by atoms with E-state index in [1.165, 1.54) is 0 Å². The zero-order chi connectivity index (χ0) is 19.2. The molecule has 27 heavy (non-hydrogen) atoms. The Kier molecular flexibility index (Phi) is 6.69. The van der Waals surface area contributed by atoms with Gasteiger partial charge in [-0.3, -0.25) is 0 Å². The van der Waals surface area contributed by atoms with Gasteiger partial charge in [0.25, 0.3) is 0 Å². The Hall–Kier alpha value is -2.11. The number of fused-ring (bicyclic) bond motifs is 1. The number of hydrogen-bond acceptors (Lipinski definition) is 4. The molecule has 2 heterocycles. The highest BCUT2D eigenvalue weighted by Gasteiger charge is 2.15. The van der Waals surface area contributed by atoms with Crippen LogP contribution in [0.1, 0.15) is 27.2 Å². The van der Waals surface area contributed by atoms with Crippen molar-refractivity contribution < 1.29 is 4.74 Å². The maximum absolute atomic E-state index is 6.39. The number of halogens is 1. The highest BCUT2D eigenvalue weighted by atomic mass is 35.5. The van der Waals surface area contributed by atoms with E-state index in [2.05, 4.69) is 53.4 Å². The molecule has 2 aromatic heterocycles. The average molecular weight is 387 g/mol. The van der Waals surface area contributed by atoms with Crippen molar-refractivity contribution in [1.29, 1.82) is 0 Å². The summed E-state index contributed by atoms with van der Waals surface area (Å²) in [6, 6.07) is 10.0. The molecule has 0 saturated carbocycles. The number of hydrogen-bond donors (Lipinski definition) is 0. The van der Waals surface area contributed by atoms with E-state index in [4.69, 9.17) is 21.3 Å². The van der Waals surface area contributed by atoms with Gasteiger partial charge in [-0.25, -0.2) is 9.97 Å². The lowest BCUT2D eigenvalue weighted by Crippen LogP contribution is -2.22. The average Bonchev–Trinajstić information content (AvgIpc) is 3.07. The number of benzene rings is 1. The fraction of sp³-hybridized carbons (Fsp3) is 0.429. The predicted molar refractivity (Wildman–Crippen MR) is 113 cm³/mol. The molecule has 3 aromatic rings. The molecule has 0 bridgehead atoms. The molecule has 0 N–H and O–H groups in total. The fourth-order valence-electron chi connectivity index (χ4n) is 3.21. The van der Waals surface area contributed by atoms with Crippen molar-refractivity contribution in [3.63, 3.8) is 0 Å². The van der Waals surface area contributed by atoms with Crippen LogP contribution in [-0.4, -0.2) is 40.8 Å². The molecule has 0 radical (unpaired) electrons. The van der Waals surface area contributed by atoms with Crippen LogP contribution in [0.25, 0.3) is 22.4 Å². The molecule has 0 aliphatic heterocycles. The normalized spacial score (nSPS) is 11.3. The summed E-state index contributed by atoms with van der Waals surface area (Å²) in [6.45, 7) is 10.4. The van der Waals surface area contributed by atoms with Crippen LogP contribution in [-0.2, 0) is 11.3 Å². The van der Waals surface area contributed by atoms with Gasteiger partial charge in [-0.1, -0.05) is 24.6 Å². The molecule has 144 valence electrons. The van der Waals surface area contributed by atoms with E-state index >= 15 is 0 Å². The Morgan fingerprint density at radius 1 is 1.07 bits per heavy atom. The second-order valence-corrected chi connectivity index (χ2v) is 6.79. The van der Waals surface area contributed by atoms with Gasteiger partial charge in [0, 0.05) is 38.0 Å². The van der Waals surface area contributed by atoms with Gasteiger partial charge in [0.2, 0.25) is 0 Å². The zero-order valence-corrected chi connectivity index (χ0v) is 17.0. The summed E-state index contributed by atoms with van der Waals surface area (Å²) in [5.74, 6) is 1.85. The van der Waals surface area contributed by atoms with Crippen LogP contribution in [0.15, 0.2) is 36.5 Å². The number of para-hydroxylation sites is 1. The lowest BCUT2D eigenvalue weighted by atomic mass is 10.2. The fourth-order valence-corrected chi connectivity index (χ4v) is 3.43. The molecule has 0 atom stereocenters. The van der Waals surface area contributed by atoms with Crippen molar-refractivity contribution in [3.05, 3.63) is 41.6 Å². The van der Waals surface area contributed by atoms with Crippen LogP contribution in [0.5, 0.6) is 0 Å². The molecule has 0 saturated heterocycles. The summed E-state index contributed by atoms with van der Waals surface area (Å²) in [5, 5.41) is 0.662. The minimum absolute atomic E-state index is 0.643. The number of anilines is 1. The van der Waals surface area contributed by atoms with E-state index < -0.39 is 0 Å². The van der Waals surface area contributed by atoms with Gasteiger partial charge in [0.05, 0.1) is 17.1 Å². The first-order valence-corrected chi connectivity index (χ1v) is 10.0. The third-order valence-electron chi connectivity index (χ3n) is 4.63. The van der Waals surface area contributed by atoms with Gasteiger partial charge >= 0.3 is 0 Å². The second kappa shape index (κ2) is 9.20. The molecule has 5 nitrogen and oxygen atoms in total. The molecule has 1 aromatic carbocycles. The summed E-state index contributed by atoms with van der Waals surface area (Å²) in [7, 11) is 0. The van der Waals surface area contributed by atoms with Crippen molar-refractivity contribution in [2.24, 2.45) is 0 Å². The van der Waals surface area contributed by atoms with Crippen LogP contribution >= 0.6 is 11.6 Å². The Bertz CT molecular complexity index is 872. The number of aromatic nitrogens is 3. The topological polar surface area (TPSA) is 43.2 Å². The third kappa shape index (κ3) is 4.25. The summed E-state index contributed by atoms with van der Waals surface area (Å²) >= 11 is 6.39. The van der Waals surface area contributed by atoms with Gasteiger partial charge in [-0.15, -0.1) is 0 Å². The Morgan fingerprint density at radius 2 is 1.89 bits per heavy atom. The number of nitrogens with zero attached hydrogens (tertiary/aromatic N) is 4. The van der Waals surface area contributed by atoms with Crippen molar-refractivity contribution in [2.45, 2.75) is 33.7 Å². The van der Waals surface area contributed by atoms with Crippen LogP contribution in [0.3, 0.4) is 0 Å². The largest absolute Gasteiger partial charge is 0.380 e. The maximum atomic E-state index is 6.39. The van der Waals surface area contributed by atoms with E-state index in [1.54, 1.807) is 0 Å². The zero-order valence-electron chi connectivity index (χ0n) is 16.3. The molecule has 0 aliphatic rings. The van der Waals surface area contributed by atoms with Crippen LogP contribution < -0.4 is 4.90 Å². The molecule has 0 aliphatic carbocycles. The Balaban J connectivity index is 1.98. The van der Waals surface area contributed by atoms with Crippen LogP contribution in [0.4, 0.5) is 5.82 Å². The van der Waals surface area contributed by atoms with E-state index in [-0.39, 0.29) is 0 Å². The van der Waals surface area contributed by atoms with Crippen molar-refractivity contribution in [3.8, 4) is 11.4 Å². The molecule has 0 spiro atoms. The molecular formula is C21H27ClN4O. The monoisotopic (exact) mass is 386 g/mol. The highest BCUT2D eigenvalue weighted by Crippen LogP contribution is 2.29. The number of rotatable bonds is 9. The van der Waals surface area contributed by atoms with Gasteiger partial charge in [0.1, 0.15) is 17.2 Å². The number of imidazole rings is 1. The Morgan fingerprint density at radius 3 is 2.56 bits per heavy atom. The summed E-state index contributed by atoms with van der Waals surface area (Å²) in [6.07, 6.45) is 2.91. The van der Waals surface area contributed by atoms with Crippen LogP contribution in [0, 0.1) is 0 Å². The molecule has 0 fully saturated rings. The minimum atomic E-state index is 0.643. The predicted octanol–water partition coefficient (Wildman–Crippen LogP) is 5.02. The van der Waals surface area contributed by atoms with Crippen molar-refractivity contribution >= 4 is 28.5 Å². The first-order chi connectivity index (χ1) is 13.2. The molecular weight excluding hydrogens is 360 g/mol. The quantitative estimate of drug-likeness (QED) is 0.484. The van der Waals surface area contributed by atoms with Crippen molar-refractivity contribution in [1.82, 2.24) is 14.5 Å². The lowest BCUT2D eigenvalue weighted by Gasteiger charge is -2.19. The second-order valence-electron chi connectivity index (χ2n) is 6.38. The van der Waals surface area contributed by atoms with E-state index in [9.17, 15) is 0 Å². The molecule has 0 unspecified atom stereocenters. The summed E-state index contributed by atoms with van der Waals surface area (Å²) in [4.78, 5) is 11.7. The highest BCUT2D eigenvalue weighted by molar-refractivity contribution is 6.35. The number of ether oxygens (including phenoxy) is 1. The standard InChI is InChI=1S/C21H27ClN4O/c1-4-13-27-14-12-26-18-9-7-8-17(22)20(18)24-21(26)16-10-11-19(23-15-16)25(5-2)6-3/h7-11,15H,4-6,12-14H2,1-3H3. The first kappa shape index (κ1) is 19.6. The smallest absolute Gasteiger partial charge is 0.142 e. The number of pyridine rings is 1. The molecule has 0 amide bonds. The first-order valence-electron chi connectivity index (χ1n) is 9.63. The maximum Gasteiger partial charge on any atom is 0.142 e. The van der Waals surface area contributed by atoms with E-state index in [1.807, 2.05) is 18.3 Å². The minimum Gasteiger partial charge on any atom is -0.380 e. The van der Waals surface area contributed by atoms with Gasteiger partial charge in [-0.05, 0) is 44.5 Å². The summed E-state index contributed by atoms with van der Waals surface area (Å²) in [5.41, 5.74) is 2.82. The van der Waals surface area contributed by atoms with Crippen molar-refractivity contribution in [2.75, 3.05) is 31.2 Å². The van der Waals surface area contributed by atoms with E-state index in [0.717, 1.165) is 60.9 Å². The van der Waals surface area contributed by atoms with Gasteiger partial charge in [0.15, 0.2) is 0 Å². The Labute approximate surface area is 165 Å².